The summed E-state index contributed by atoms with van der Waals surface area (Å²) in [5, 5.41) is 3.30. The molecule has 0 fully saturated rings. The van der Waals surface area contributed by atoms with Crippen LogP contribution in [-0.2, 0) is 0 Å². The Morgan fingerprint density at radius 3 is 2.47 bits per heavy atom. The lowest BCUT2D eigenvalue weighted by Gasteiger charge is -2.24. The third-order valence-corrected chi connectivity index (χ3v) is 2.58. The highest BCUT2D eigenvalue weighted by Crippen LogP contribution is 2.06. The molecule has 1 N–H and O–H groups in total. The van der Waals surface area contributed by atoms with Crippen molar-refractivity contribution in [3.05, 3.63) is 0 Å². The maximum absolute atomic E-state index is 12.1. The molecule has 4 heteroatoms. The Bertz CT molecular complexity index is 143. The smallest absolute Gasteiger partial charge is 0.251 e. The zero-order valence-corrected chi connectivity index (χ0v) is 10.1. The van der Waals surface area contributed by atoms with Crippen molar-refractivity contribution >= 4 is 0 Å². The Morgan fingerprint density at radius 1 is 1.27 bits per heavy atom. The highest BCUT2D eigenvalue weighted by Gasteiger charge is 2.13. The topological polar surface area (TPSA) is 15.3 Å². The van der Waals surface area contributed by atoms with Crippen molar-refractivity contribution in [3.8, 4) is 0 Å². The van der Waals surface area contributed by atoms with E-state index in [9.17, 15) is 8.78 Å². The van der Waals surface area contributed by atoms with Crippen molar-refractivity contribution < 1.29 is 8.78 Å². The highest BCUT2D eigenvalue weighted by molar-refractivity contribution is 4.64. The summed E-state index contributed by atoms with van der Waals surface area (Å²) < 4.78 is 24.2. The molecular weight excluding hydrogens is 198 g/mol. The van der Waals surface area contributed by atoms with Crippen molar-refractivity contribution in [1.82, 2.24) is 10.2 Å². The Hall–Kier alpha value is -0.220. The summed E-state index contributed by atoms with van der Waals surface area (Å²) in [6.07, 6.45) is 0.936. The van der Waals surface area contributed by atoms with Gasteiger partial charge in [0.05, 0.1) is 6.54 Å². The van der Waals surface area contributed by atoms with E-state index < -0.39 is 6.43 Å². The minimum atomic E-state index is -2.23. The summed E-state index contributed by atoms with van der Waals surface area (Å²) in [5.74, 6) is 0. The minimum Gasteiger partial charge on any atom is -0.317 e. The molecule has 0 aromatic carbocycles. The molecule has 0 aromatic heterocycles. The fourth-order valence-electron chi connectivity index (χ4n) is 1.44. The van der Waals surface area contributed by atoms with Crippen LogP contribution in [0.25, 0.3) is 0 Å². The predicted molar refractivity (Wildman–Crippen MR) is 60.5 cm³/mol. The van der Waals surface area contributed by atoms with Gasteiger partial charge >= 0.3 is 0 Å². The molecule has 0 aromatic rings. The van der Waals surface area contributed by atoms with Crippen LogP contribution in [0.5, 0.6) is 0 Å². The number of halogens is 2. The third kappa shape index (κ3) is 8.75. The molecular formula is C11H24F2N2. The summed E-state index contributed by atoms with van der Waals surface area (Å²) in [6.45, 7) is 6.04. The molecule has 0 amide bonds. The number of nitrogens with one attached hydrogen (secondary N) is 1. The molecule has 2 nitrogen and oxygen atoms in total. The van der Waals surface area contributed by atoms with Crippen LogP contribution >= 0.6 is 0 Å². The van der Waals surface area contributed by atoms with Gasteiger partial charge in [0.1, 0.15) is 0 Å². The second-order valence-electron chi connectivity index (χ2n) is 4.07. The molecule has 0 aliphatic heterocycles. The number of rotatable bonds is 9. The fourth-order valence-corrected chi connectivity index (χ4v) is 1.44. The number of alkyl halides is 2. The maximum Gasteiger partial charge on any atom is 0.251 e. The van der Waals surface area contributed by atoms with Gasteiger partial charge in [-0.2, -0.15) is 0 Å². The summed E-state index contributed by atoms with van der Waals surface area (Å²) in [7, 11) is 1.76. The van der Waals surface area contributed by atoms with Crippen molar-refractivity contribution in [2.24, 2.45) is 0 Å². The zero-order chi connectivity index (χ0) is 11.7. The van der Waals surface area contributed by atoms with Gasteiger partial charge in [-0.25, -0.2) is 8.78 Å². The second-order valence-corrected chi connectivity index (χ2v) is 4.07. The molecule has 1 atom stereocenters. The Balaban J connectivity index is 3.42. The lowest BCUT2D eigenvalue weighted by atomic mass is 10.1. The van der Waals surface area contributed by atoms with Crippen molar-refractivity contribution in [1.29, 1.82) is 0 Å². The molecule has 0 saturated heterocycles. The average Bonchev–Trinajstić information content (AvgIpc) is 2.16. The normalized spacial score (nSPS) is 13.8. The summed E-state index contributed by atoms with van der Waals surface area (Å²) in [4.78, 5) is 1.73. The number of hydrogen-bond donors (Lipinski definition) is 1. The molecule has 0 spiro atoms. The summed E-state index contributed by atoms with van der Waals surface area (Å²) >= 11 is 0. The van der Waals surface area contributed by atoms with E-state index in [-0.39, 0.29) is 12.6 Å². The molecule has 0 heterocycles. The third-order valence-electron chi connectivity index (χ3n) is 2.58. The van der Waals surface area contributed by atoms with Crippen LogP contribution in [0.3, 0.4) is 0 Å². The molecule has 92 valence electrons. The first-order valence-electron chi connectivity index (χ1n) is 5.77. The van der Waals surface area contributed by atoms with Crippen LogP contribution in [0.2, 0.25) is 0 Å². The van der Waals surface area contributed by atoms with E-state index in [4.69, 9.17) is 0 Å². The van der Waals surface area contributed by atoms with Gasteiger partial charge in [-0.3, -0.25) is 4.90 Å². The SMILES string of the molecule is CCCNCCCC(C)N(C)CC(F)F. The molecule has 0 aliphatic rings. The van der Waals surface area contributed by atoms with Crippen LogP contribution in [0.15, 0.2) is 0 Å². The van der Waals surface area contributed by atoms with Crippen LogP contribution in [-0.4, -0.2) is 44.0 Å². The van der Waals surface area contributed by atoms with Crippen LogP contribution in [0, 0.1) is 0 Å². The van der Waals surface area contributed by atoms with Gasteiger partial charge in [0.2, 0.25) is 0 Å². The lowest BCUT2D eigenvalue weighted by Crippen LogP contribution is -2.33. The van der Waals surface area contributed by atoms with Crippen LogP contribution < -0.4 is 5.32 Å². The van der Waals surface area contributed by atoms with Crippen LogP contribution in [0.1, 0.15) is 33.1 Å². The largest absolute Gasteiger partial charge is 0.317 e. The van der Waals surface area contributed by atoms with E-state index in [0.717, 1.165) is 32.4 Å². The van der Waals surface area contributed by atoms with Gasteiger partial charge in [0.25, 0.3) is 6.43 Å². The van der Waals surface area contributed by atoms with E-state index in [0.29, 0.717) is 0 Å². The average molecular weight is 222 g/mol. The zero-order valence-electron chi connectivity index (χ0n) is 10.1. The standard InChI is InChI=1S/C11H24F2N2/c1-4-7-14-8-5-6-10(2)15(3)9-11(12)13/h10-11,14H,4-9H2,1-3H3. The van der Waals surface area contributed by atoms with Crippen molar-refractivity contribution in [3.63, 3.8) is 0 Å². The van der Waals surface area contributed by atoms with E-state index in [1.807, 2.05) is 6.92 Å². The van der Waals surface area contributed by atoms with Gasteiger partial charge in [-0.1, -0.05) is 6.92 Å². The monoisotopic (exact) mass is 222 g/mol. The van der Waals surface area contributed by atoms with Gasteiger partial charge in [-0.05, 0) is 46.3 Å². The number of nitrogens with zero attached hydrogens (tertiary/aromatic N) is 1. The molecule has 15 heavy (non-hydrogen) atoms. The fraction of sp³-hybridized carbons (Fsp3) is 1.00. The van der Waals surface area contributed by atoms with Crippen molar-refractivity contribution in [2.75, 3.05) is 26.7 Å². The van der Waals surface area contributed by atoms with E-state index in [1.165, 1.54) is 0 Å². The molecule has 1 unspecified atom stereocenters. The van der Waals surface area contributed by atoms with Gasteiger partial charge in [0, 0.05) is 6.04 Å². The van der Waals surface area contributed by atoms with E-state index in [1.54, 1.807) is 11.9 Å². The lowest BCUT2D eigenvalue weighted by molar-refractivity contribution is 0.0820. The van der Waals surface area contributed by atoms with Gasteiger partial charge in [0.15, 0.2) is 0 Å². The maximum atomic E-state index is 12.1. The highest BCUT2D eigenvalue weighted by atomic mass is 19.3. The Morgan fingerprint density at radius 2 is 1.93 bits per heavy atom. The summed E-state index contributed by atoms with van der Waals surface area (Å²) in [5.41, 5.74) is 0. The first-order valence-corrected chi connectivity index (χ1v) is 5.77. The first-order chi connectivity index (χ1) is 7.07. The molecule has 0 aliphatic carbocycles. The molecule has 0 saturated carbocycles. The quantitative estimate of drug-likeness (QED) is 0.602. The summed E-state index contributed by atoms with van der Waals surface area (Å²) in [6, 6.07) is 0.238. The first kappa shape index (κ1) is 14.8. The van der Waals surface area contributed by atoms with E-state index >= 15 is 0 Å². The number of hydrogen-bond acceptors (Lipinski definition) is 2. The van der Waals surface area contributed by atoms with Gasteiger partial charge in [-0.15, -0.1) is 0 Å². The van der Waals surface area contributed by atoms with Crippen molar-refractivity contribution in [2.45, 2.75) is 45.6 Å². The Kier molecular flexibility index (Phi) is 8.91. The van der Waals surface area contributed by atoms with Crippen LogP contribution in [0.4, 0.5) is 8.78 Å². The van der Waals surface area contributed by atoms with Gasteiger partial charge < -0.3 is 5.32 Å². The van der Waals surface area contributed by atoms with E-state index in [2.05, 4.69) is 12.2 Å². The predicted octanol–water partition coefficient (Wildman–Crippen LogP) is 2.35. The Labute approximate surface area is 92.0 Å². The minimum absolute atomic E-state index is 0.121. The second kappa shape index (κ2) is 9.04. The molecule has 0 radical (unpaired) electrons. The molecule has 0 bridgehead atoms. The molecule has 0 rings (SSSR count).